The maximum absolute atomic E-state index is 12.3. The lowest BCUT2D eigenvalue weighted by Crippen LogP contribution is -2.11. The van der Waals surface area contributed by atoms with Gasteiger partial charge < -0.3 is 10.7 Å². The largest absolute Gasteiger partial charge is 0.383 e. The molecular weight excluding hydrogens is 302 g/mol. The number of aromatic nitrogens is 2. The summed E-state index contributed by atoms with van der Waals surface area (Å²) in [6, 6.07) is 16.4. The molecule has 24 heavy (non-hydrogen) atoms. The zero-order chi connectivity index (χ0) is 16.7. The molecule has 0 saturated carbocycles. The van der Waals surface area contributed by atoms with E-state index in [9.17, 15) is 10.1 Å². The second-order valence-electron chi connectivity index (χ2n) is 5.31. The smallest absolute Gasteiger partial charge is 0.259 e. The molecule has 0 amide bonds. The molecule has 0 unspecified atom stereocenters. The minimum Gasteiger partial charge on any atom is -0.383 e. The molecule has 0 aliphatic carbocycles. The SMILES string of the molecule is N#CC(=C1N=C(N)c2ccccc21)c1nc2ccccc2c(=O)[nH]1. The molecule has 0 fully saturated rings. The lowest BCUT2D eigenvalue weighted by atomic mass is 10.0. The van der Waals surface area contributed by atoms with E-state index in [-0.39, 0.29) is 17.0 Å². The normalized spacial score (nSPS) is 14.9. The third-order valence-corrected chi connectivity index (χ3v) is 3.89. The minimum atomic E-state index is -0.299. The van der Waals surface area contributed by atoms with Gasteiger partial charge in [0.15, 0.2) is 5.82 Å². The van der Waals surface area contributed by atoms with Crippen LogP contribution in [-0.4, -0.2) is 15.8 Å². The van der Waals surface area contributed by atoms with Crippen molar-refractivity contribution in [3.8, 4) is 6.07 Å². The van der Waals surface area contributed by atoms with Crippen LogP contribution >= 0.6 is 0 Å². The van der Waals surface area contributed by atoms with Crippen LogP contribution < -0.4 is 11.3 Å². The Morgan fingerprint density at radius 3 is 2.58 bits per heavy atom. The summed E-state index contributed by atoms with van der Waals surface area (Å²) in [7, 11) is 0. The molecule has 0 atom stereocenters. The molecule has 0 bridgehead atoms. The number of nitrogens with one attached hydrogen (secondary N) is 1. The highest BCUT2D eigenvalue weighted by Crippen LogP contribution is 2.32. The maximum Gasteiger partial charge on any atom is 0.259 e. The Morgan fingerprint density at radius 1 is 1.08 bits per heavy atom. The van der Waals surface area contributed by atoms with Crippen LogP contribution in [0.5, 0.6) is 0 Å². The average molecular weight is 313 g/mol. The molecule has 4 rings (SSSR count). The van der Waals surface area contributed by atoms with Crippen molar-refractivity contribution < 1.29 is 0 Å². The molecule has 1 aromatic heterocycles. The van der Waals surface area contributed by atoms with E-state index < -0.39 is 0 Å². The fourth-order valence-corrected chi connectivity index (χ4v) is 2.77. The number of nitriles is 1. The standard InChI is InChI=1S/C18H11N5O/c19-9-13(15-10-5-1-2-6-11(10)16(20)22-15)17-21-14-8-4-3-7-12(14)18(24)23-17/h1-8H,(H2,20,22)(H,21,23,24). The van der Waals surface area contributed by atoms with Gasteiger partial charge >= 0.3 is 0 Å². The van der Waals surface area contributed by atoms with E-state index in [1.807, 2.05) is 24.3 Å². The highest BCUT2D eigenvalue weighted by Gasteiger charge is 2.23. The van der Waals surface area contributed by atoms with Crippen molar-refractivity contribution in [2.45, 2.75) is 0 Å². The van der Waals surface area contributed by atoms with Crippen molar-refractivity contribution >= 4 is 28.0 Å². The summed E-state index contributed by atoms with van der Waals surface area (Å²) >= 11 is 0. The molecule has 0 spiro atoms. The molecule has 114 valence electrons. The number of aromatic amines is 1. The summed E-state index contributed by atoms with van der Waals surface area (Å²) in [6.45, 7) is 0. The van der Waals surface area contributed by atoms with E-state index in [0.29, 0.717) is 22.4 Å². The molecule has 0 saturated heterocycles. The first-order valence-electron chi connectivity index (χ1n) is 7.27. The molecule has 2 heterocycles. The first kappa shape index (κ1) is 13.9. The second kappa shape index (κ2) is 5.18. The number of fused-ring (bicyclic) bond motifs is 2. The summed E-state index contributed by atoms with van der Waals surface area (Å²) in [4.78, 5) is 23.6. The lowest BCUT2D eigenvalue weighted by Gasteiger charge is -2.05. The number of rotatable bonds is 1. The number of benzene rings is 2. The summed E-state index contributed by atoms with van der Waals surface area (Å²) in [5.41, 5.74) is 8.29. The predicted octanol–water partition coefficient (Wildman–Crippen LogP) is 2.03. The zero-order valence-corrected chi connectivity index (χ0v) is 12.4. The molecule has 1 aliphatic rings. The van der Waals surface area contributed by atoms with Gasteiger partial charge in [0, 0.05) is 11.1 Å². The minimum absolute atomic E-state index is 0.185. The summed E-state index contributed by atoms with van der Waals surface area (Å²) in [5.74, 6) is 0.529. The van der Waals surface area contributed by atoms with Crippen LogP contribution in [0.15, 0.2) is 58.3 Å². The summed E-state index contributed by atoms with van der Waals surface area (Å²) < 4.78 is 0. The highest BCUT2D eigenvalue weighted by molar-refractivity contribution is 6.14. The van der Waals surface area contributed by atoms with Gasteiger partial charge in [0.25, 0.3) is 5.56 Å². The van der Waals surface area contributed by atoms with Crippen LogP contribution in [-0.2, 0) is 0 Å². The number of H-pyrrole nitrogens is 1. The summed E-state index contributed by atoms with van der Waals surface area (Å²) in [6.07, 6.45) is 0. The van der Waals surface area contributed by atoms with Gasteiger partial charge in [-0.05, 0) is 12.1 Å². The number of allylic oxidation sites excluding steroid dienone is 1. The first-order valence-corrected chi connectivity index (χ1v) is 7.27. The Hall–Kier alpha value is -3.72. The van der Waals surface area contributed by atoms with Crippen molar-refractivity contribution in [1.82, 2.24) is 9.97 Å². The van der Waals surface area contributed by atoms with Gasteiger partial charge in [-0.2, -0.15) is 5.26 Å². The van der Waals surface area contributed by atoms with Crippen LogP contribution in [0.4, 0.5) is 0 Å². The fraction of sp³-hybridized carbons (Fsp3) is 0. The van der Waals surface area contributed by atoms with Crippen LogP contribution in [0.1, 0.15) is 17.0 Å². The number of nitrogens with zero attached hydrogens (tertiary/aromatic N) is 3. The quantitative estimate of drug-likeness (QED) is 0.670. The molecule has 2 aromatic carbocycles. The van der Waals surface area contributed by atoms with Crippen LogP contribution in [0.25, 0.3) is 22.2 Å². The van der Waals surface area contributed by atoms with Crippen molar-refractivity contribution in [3.63, 3.8) is 0 Å². The van der Waals surface area contributed by atoms with E-state index in [1.165, 1.54) is 0 Å². The molecular formula is C18H11N5O. The second-order valence-corrected chi connectivity index (χ2v) is 5.31. The van der Waals surface area contributed by atoms with Gasteiger partial charge in [0.2, 0.25) is 0 Å². The van der Waals surface area contributed by atoms with Gasteiger partial charge in [-0.25, -0.2) is 9.98 Å². The van der Waals surface area contributed by atoms with Crippen LogP contribution in [0, 0.1) is 11.3 Å². The van der Waals surface area contributed by atoms with Gasteiger partial charge in [0.05, 0.1) is 16.6 Å². The molecule has 6 nitrogen and oxygen atoms in total. The van der Waals surface area contributed by atoms with Gasteiger partial charge in [-0.1, -0.05) is 36.4 Å². The number of amidine groups is 1. The predicted molar refractivity (Wildman–Crippen MR) is 92.0 cm³/mol. The Labute approximate surface area is 136 Å². The van der Waals surface area contributed by atoms with Crippen molar-refractivity contribution in [1.29, 1.82) is 5.26 Å². The van der Waals surface area contributed by atoms with Gasteiger partial charge in [-0.15, -0.1) is 0 Å². The maximum atomic E-state index is 12.3. The average Bonchev–Trinajstić information content (AvgIpc) is 2.93. The molecule has 3 N–H and O–H groups in total. The Bertz CT molecular complexity index is 1150. The number of hydrogen-bond acceptors (Lipinski definition) is 5. The number of aliphatic imine (C=N–C) groups is 1. The van der Waals surface area contributed by atoms with Crippen molar-refractivity contribution in [3.05, 3.63) is 75.8 Å². The Morgan fingerprint density at radius 2 is 1.79 bits per heavy atom. The lowest BCUT2D eigenvalue weighted by molar-refractivity contribution is 1.13. The monoisotopic (exact) mass is 313 g/mol. The van der Waals surface area contributed by atoms with Gasteiger partial charge in [0.1, 0.15) is 17.5 Å². The topological polar surface area (TPSA) is 108 Å². The third kappa shape index (κ3) is 2.00. The van der Waals surface area contributed by atoms with Crippen LogP contribution in [0.2, 0.25) is 0 Å². The van der Waals surface area contributed by atoms with Gasteiger partial charge in [-0.3, -0.25) is 4.79 Å². The molecule has 1 aliphatic heterocycles. The van der Waals surface area contributed by atoms with E-state index in [1.54, 1.807) is 24.3 Å². The zero-order valence-electron chi connectivity index (χ0n) is 12.4. The van der Waals surface area contributed by atoms with E-state index >= 15 is 0 Å². The highest BCUT2D eigenvalue weighted by atomic mass is 16.1. The molecule has 0 radical (unpaired) electrons. The Kier molecular flexibility index (Phi) is 3.00. The fourth-order valence-electron chi connectivity index (χ4n) is 2.77. The van der Waals surface area contributed by atoms with Crippen molar-refractivity contribution in [2.75, 3.05) is 0 Å². The number of para-hydroxylation sites is 1. The summed E-state index contributed by atoms with van der Waals surface area (Å²) in [5, 5.41) is 10.1. The first-order chi connectivity index (χ1) is 11.7. The van der Waals surface area contributed by atoms with Crippen LogP contribution in [0.3, 0.4) is 0 Å². The van der Waals surface area contributed by atoms with E-state index in [0.717, 1.165) is 11.1 Å². The van der Waals surface area contributed by atoms with E-state index in [2.05, 4.69) is 21.0 Å². The third-order valence-electron chi connectivity index (χ3n) is 3.89. The van der Waals surface area contributed by atoms with Crippen molar-refractivity contribution in [2.24, 2.45) is 10.7 Å². The molecule has 6 heteroatoms. The van der Waals surface area contributed by atoms with E-state index in [4.69, 9.17) is 5.73 Å². The Balaban J connectivity index is 2.02. The number of hydrogen-bond donors (Lipinski definition) is 2. The number of nitrogens with two attached hydrogens (primary N) is 1. The molecule has 3 aromatic rings.